The zero-order valence-corrected chi connectivity index (χ0v) is 16.9. The minimum atomic E-state index is -1.15. The number of halogens is 1. The van der Waals surface area contributed by atoms with Crippen LogP contribution in [-0.2, 0) is 22.4 Å². The van der Waals surface area contributed by atoms with E-state index in [2.05, 4.69) is 0 Å². The molecular formula is C23H29FO4. The van der Waals surface area contributed by atoms with Gasteiger partial charge in [0.05, 0.1) is 6.10 Å². The third kappa shape index (κ3) is 6.97. The van der Waals surface area contributed by atoms with Gasteiger partial charge in [0.2, 0.25) is 0 Å². The van der Waals surface area contributed by atoms with E-state index >= 15 is 0 Å². The molecule has 0 aromatic heterocycles. The lowest BCUT2D eigenvalue weighted by atomic mass is 10.0. The molecule has 0 amide bonds. The maximum absolute atomic E-state index is 14.4. The Bertz CT molecular complexity index is 788. The minimum Gasteiger partial charge on any atom is -0.490 e. The smallest absolute Gasteiger partial charge is 0.333 e. The monoisotopic (exact) mass is 388 g/mol. The second-order valence-corrected chi connectivity index (χ2v) is 7.42. The second-order valence-electron chi connectivity index (χ2n) is 7.42. The predicted octanol–water partition coefficient (Wildman–Crippen LogP) is 4.68. The highest BCUT2D eigenvalue weighted by atomic mass is 19.1. The first-order chi connectivity index (χ1) is 13.2. The molecule has 4 nitrogen and oxygen atoms in total. The Labute approximate surface area is 166 Å². The molecule has 5 heteroatoms. The Morgan fingerprint density at radius 2 is 1.75 bits per heavy atom. The number of carboxylic acids is 1. The van der Waals surface area contributed by atoms with Crippen molar-refractivity contribution in [3.8, 4) is 5.75 Å². The molecular weight excluding hydrogens is 359 g/mol. The van der Waals surface area contributed by atoms with Gasteiger partial charge in [0.15, 0.2) is 6.10 Å². The summed E-state index contributed by atoms with van der Waals surface area (Å²) in [6.45, 7) is 7.52. The van der Waals surface area contributed by atoms with E-state index in [-0.39, 0.29) is 25.6 Å². The third-order valence-corrected chi connectivity index (χ3v) is 4.33. The summed E-state index contributed by atoms with van der Waals surface area (Å²) in [6.07, 6.45) is -1.79. The standard InChI is InChI=1S/C23H29FO4/c1-15(2)28-22(23(25)26)13-19-7-5-6-18(11-19)12-20(24)14-27-21-9-8-16(3)10-17(21)4/h5-11,15,20,22H,12-14H2,1-4H3,(H,25,26)/t20-,22-/m0/s1. The summed E-state index contributed by atoms with van der Waals surface area (Å²) in [5.74, 6) is -0.304. The summed E-state index contributed by atoms with van der Waals surface area (Å²) in [7, 11) is 0. The van der Waals surface area contributed by atoms with Crippen molar-refractivity contribution in [1.82, 2.24) is 0 Å². The number of carbonyl (C=O) groups is 1. The number of hydrogen-bond donors (Lipinski definition) is 1. The average molecular weight is 388 g/mol. The van der Waals surface area contributed by atoms with Crippen molar-refractivity contribution in [3.05, 3.63) is 64.7 Å². The van der Waals surface area contributed by atoms with Gasteiger partial charge in [-0.25, -0.2) is 9.18 Å². The lowest BCUT2D eigenvalue weighted by Crippen LogP contribution is -2.29. The van der Waals surface area contributed by atoms with Gasteiger partial charge in [-0.2, -0.15) is 0 Å². The van der Waals surface area contributed by atoms with Crippen LogP contribution in [0.2, 0.25) is 0 Å². The quantitative estimate of drug-likeness (QED) is 0.642. The van der Waals surface area contributed by atoms with Gasteiger partial charge in [-0.15, -0.1) is 0 Å². The maximum Gasteiger partial charge on any atom is 0.333 e. The molecule has 0 saturated heterocycles. The van der Waals surface area contributed by atoms with Gasteiger partial charge in [-0.3, -0.25) is 0 Å². The van der Waals surface area contributed by atoms with E-state index in [0.29, 0.717) is 5.75 Å². The fraction of sp³-hybridized carbons (Fsp3) is 0.435. The summed E-state index contributed by atoms with van der Waals surface area (Å²) in [4.78, 5) is 11.4. The van der Waals surface area contributed by atoms with Gasteiger partial charge < -0.3 is 14.6 Å². The molecule has 1 N–H and O–H groups in total. The Morgan fingerprint density at radius 1 is 1.07 bits per heavy atom. The number of aliphatic carboxylic acids is 1. The Balaban J connectivity index is 1.94. The zero-order chi connectivity index (χ0) is 20.7. The van der Waals surface area contributed by atoms with Gasteiger partial charge in [-0.05, 0) is 50.5 Å². The highest BCUT2D eigenvalue weighted by Gasteiger charge is 2.20. The fourth-order valence-electron chi connectivity index (χ4n) is 3.08. The Morgan fingerprint density at radius 3 is 2.36 bits per heavy atom. The van der Waals surface area contributed by atoms with Crippen molar-refractivity contribution >= 4 is 5.97 Å². The van der Waals surface area contributed by atoms with Crippen LogP contribution in [-0.4, -0.2) is 36.1 Å². The molecule has 0 heterocycles. The second kappa shape index (κ2) is 10.2. The van der Waals surface area contributed by atoms with E-state index in [4.69, 9.17) is 9.47 Å². The van der Waals surface area contributed by atoms with Crippen LogP contribution in [0.15, 0.2) is 42.5 Å². The fourth-order valence-corrected chi connectivity index (χ4v) is 3.08. The van der Waals surface area contributed by atoms with Crippen molar-refractivity contribution in [1.29, 1.82) is 0 Å². The van der Waals surface area contributed by atoms with Crippen molar-refractivity contribution in [2.75, 3.05) is 6.61 Å². The highest BCUT2D eigenvalue weighted by Crippen LogP contribution is 2.20. The molecule has 2 aromatic rings. The molecule has 0 aliphatic heterocycles. The summed E-state index contributed by atoms with van der Waals surface area (Å²) in [5.41, 5.74) is 3.74. The molecule has 0 unspecified atom stereocenters. The third-order valence-electron chi connectivity index (χ3n) is 4.33. The number of ether oxygens (including phenoxy) is 2. The predicted molar refractivity (Wildman–Crippen MR) is 108 cm³/mol. The molecule has 2 rings (SSSR count). The van der Waals surface area contributed by atoms with Crippen LogP contribution < -0.4 is 4.74 Å². The Hall–Kier alpha value is -2.40. The van der Waals surface area contributed by atoms with E-state index in [0.717, 1.165) is 22.3 Å². The lowest BCUT2D eigenvalue weighted by Gasteiger charge is -2.17. The van der Waals surface area contributed by atoms with Gasteiger partial charge in [-0.1, -0.05) is 42.0 Å². The van der Waals surface area contributed by atoms with Crippen LogP contribution in [0.4, 0.5) is 4.39 Å². The molecule has 28 heavy (non-hydrogen) atoms. The first-order valence-corrected chi connectivity index (χ1v) is 9.54. The summed E-state index contributed by atoms with van der Waals surface area (Å²) in [6, 6.07) is 13.1. The van der Waals surface area contributed by atoms with Gasteiger partial charge in [0, 0.05) is 12.8 Å². The van der Waals surface area contributed by atoms with Gasteiger partial charge in [0.25, 0.3) is 0 Å². The normalized spacial score (nSPS) is 13.4. The number of aryl methyl sites for hydroxylation is 2. The number of carboxylic acid groups (broad SMARTS) is 1. The number of alkyl halides is 1. The Kier molecular flexibility index (Phi) is 8.00. The minimum absolute atomic E-state index is 0.0255. The number of benzene rings is 2. The van der Waals surface area contributed by atoms with Gasteiger partial charge >= 0.3 is 5.97 Å². The van der Waals surface area contributed by atoms with Crippen molar-refractivity contribution in [2.24, 2.45) is 0 Å². The highest BCUT2D eigenvalue weighted by molar-refractivity contribution is 5.72. The molecule has 0 bridgehead atoms. The SMILES string of the molecule is Cc1ccc(OC[C@@H](F)Cc2cccc(C[C@H](OC(C)C)C(=O)O)c2)c(C)c1. The zero-order valence-electron chi connectivity index (χ0n) is 16.9. The van der Waals surface area contributed by atoms with Gasteiger partial charge in [0.1, 0.15) is 18.5 Å². The van der Waals surface area contributed by atoms with Crippen LogP contribution in [0.3, 0.4) is 0 Å². The molecule has 2 atom stereocenters. The summed E-state index contributed by atoms with van der Waals surface area (Å²) >= 11 is 0. The van der Waals surface area contributed by atoms with E-state index in [1.807, 2.05) is 56.3 Å². The van der Waals surface area contributed by atoms with Crippen molar-refractivity contribution < 1.29 is 23.8 Å². The molecule has 0 aliphatic carbocycles. The molecule has 152 valence electrons. The topological polar surface area (TPSA) is 55.8 Å². The average Bonchev–Trinajstić information content (AvgIpc) is 2.60. The molecule has 0 fully saturated rings. The summed E-state index contributed by atoms with van der Waals surface area (Å²) < 4.78 is 25.5. The first-order valence-electron chi connectivity index (χ1n) is 9.54. The maximum atomic E-state index is 14.4. The molecule has 0 aliphatic rings. The number of hydrogen-bond acceptors (Lipinski definition) is 3. The molecule has 0 radical (unpaired) electrons. The van der Waals surface area contributed by atoms with E-state index < -0.39 is 18.2 Å². The summed E-state index contributed by atoms with van der Waals surface area (Å²) in [5, 5.41) is 9.31. The number of rotatable bonds is 10. The largest absolute Gasteiger partial charge is 0.490 e. The lowest BCUT2D eigenvalue weighted by molar-refractivity contribution is -0.153. The van der Waals surface area contributed by atoms with Crippen LogP contribution in [0.5, 0.6) is 5.75 Å². The molecule has 0 saturated carbocycles. The van der Waals surface area contributed by atoms with Crippen LogP contribution in [0, 0.1) is 13.8 Å². The van der Waals surface area contributed by atoms with Crippen molar-refractivity contribution in [2.45, 2.75) is 58.9 Å². The van der Waals surface area contributed by atoms with Crippen LogP contribution in [0.1, 0.15) is 36.1 Å². The van der Waals surface area contributed by atoms with E-state index in [1.165, 1.54) is 0 Å². The van der Waals surface area contributed by atoms with E-state index in [9.17, 15) is 14.3 Å². The molecule has 2 aromatic carbocycles. The van der Waals surface area contributed by atoms with Crippen LogP contribution in [0.25, 0.3) is 0 Å². The van der Waals surface area contributed by atoms with E-state index in [1.54, 1.807) is 13.8 Å². The van der Waals surface area contributed by atoms with Crippen molar-refractivity contribution in [3.63, 3.8) is 0 Å². The molecule has 0 spiro atoms. The first kappa shape index (κ1) is 21.9. The van der Waals surface area contributed by atoms with Crippen LogP contribution >= 0.6 is 0 Å².